The van der Waals surface area contributed by atoms with Crippen LogP contribution >= 0.6 is 0 Å². The Hall–Kier alpha value is -1.55. The van der Waals surface area contributed by atoms with Gasteiger partial charge in [-0.3, -0.25) is 4.79 Å². The van der Waals surface area contributed by atoms with Crippen molar-refractivity contribution in [2.45, 2.75) is 19.3 Å². The molecule has 4 nitrogen and oxygen atoms in total. The van der Waals surface area contributed by atoms with E-state index < -0.39 is 0 Å². The number of carbonyl (C=O) groups is 1. The summed E-state index contributed by atoms with van der Waals surface area (Å²) in [6, 6.07) is 7.89. The molecule has 1 aliphatic heterocycles. The number of amides is 1. The number of carbonyl (C=O) groups excluding carboxylic acids is 1. The highest BCUT2D eigenvalue weighted by Crippen LogP contribution is 2.17. The third-order valence-electron chi connectivity index (χ3n) is 3.76. The Balaban J connectivity index is 1.80. The van der Waals surface area contributed by atoms with Crippen LogP contribution in [0.3, 0.4) is 0 Å². The Morgan fingerprint density at radius 2 is 2.16 bits per heavy atom. The van der Waals surface area contributed by atoms with Crippen molar-refractivity contribution in [2.24, 2.45) is 11.7 Å². The molecule has 1 amide bonds. The highest BCUT2D eigenvalue weighted by molar-refractivity contribution is 5.76. The van der Waals surface area contributed by atoms with E-state index in [1.165, 1.54) is 5.56 Å². The summed E-state index contributed by atoms with van der Waals surface area (Å²) in [6.45, 7) is 2.38. The van der Waals surface area contributed by atoms with Crippen LogP contribution < -0.4 is 10.5 Å². The number of rotatable bonds is 5. The first-order chi connectivity index (χ1) is 9.22. The summed E-state index contributed by atoms with van der Waals surface area (Å²) >= 11 is 0. The summed E-state index contributed by atoms with van der Waals surface area (Å²) in [6.07, 6.45) is 2.40. The maximum absolute atomic E-state index is 12.1. The van der Waals surface area contributed by atoms with Gasteiger partial charge < -0.3 is 15.4 Å². The summed E-state index contributed by atoms with van der Waals surface area (Å²) in [5.74, 6) is 1.58. The van der Waals surface area contributed by atoms with Gasteiger partial charge in [0.05, 0.1) is 7.11 Å². The van der Waals surface area contributed by atoms with Crippen molar-refractivity contribution in [3.8, 4) is 5.75 Å². The highest BCUT2D eigenvalue weighted by Gasteiger charge is 2.24. The number of hydrogen-bond acceptors (Lipinski definition) is 3. The van der Waals surface area contributed by atoms with Crippen LogP contribution in [0.15, 0.2) is 24.3 Å². The fourth-order valence-electron chi connectivity index (χ4n) is 2.45. The van der Waals surface area contributed by atoms with Crippen molar-refractivity contribution >= 4 is 5.91 Å². The number of nitrogens with zero attached hydrogens (tertiary/aromatic N) is 1. The number of benzene rings is 1. The van der Waals surface area contributed by atoms with Crippen molar-refractivity contribution in [3.63, 3.8) is 0 Å². The Morgan fingerprint density at radius 1 is 1.42 bits per heavy atom. The maximum Gasteiger partial charge on any atom is 0.222 e. The van der Waals surface area contributed by atoms with Crippen molar-refractivity contribution in [2.75, 3.05) is 26.7 Å². The lowest BCUT2D eigenvalue weighted by molar-refractivity contribution is -0.130. The molecule has 0 spiro atoms. The second-order valence-electron chi connectivity index (χ2n) is 5.08. The quantitative estimate of drug-likeness (QED) is 0.873. The van der Waals surface area contributed by atoms with Crippen LogP contribution in [-0.4, -0.2) is 37.6 Å². The highest BCUT2D eigenvalue weighted by atomic mass is 16.5. The van der Waals surface area contributed by atoms with Gasteiger partial charge in [-0.15, -0.1) is 0 Å². The summed E-state index contributed by atoms with van der Waals surface area (Å²) < 4.78 is 5.11. The monoisotopic (exact) mass is 262 g/mol. The van der Waals surface area contributed by atoms with Crippen LogP contribution in [0.4, 0.5) is 0 Å². The van der Waals surface area contributed by atoms with Crippen LogP contribution in [0.25, 0.3) is 0 Å². The number of hydrogen-bond donors (Lipinski definition) is 1. The maximum atomic E-state index is 12.1. The lowest BCUT2D eigenvalue weighted by Gasteiger charge is -2.16. The Labute approximate surface area is 114 Å². The minimum Gasteiger partial charge on any atom is -0.497 e. The molecule has 1 unspecified atom stereocenters. The molecule has 1 aromatic rings. The molecule has 2 N–H and O–H groups in total. The van der Waals surface area contributed by atoms with Crippen LogP contribution in [0.1, 0.15) is 18.4 Å². The molecule has 0 radical (unpaired) electrons. The number of aryl methyl sites for hydroxylation is 1. The molecule has 1 heterocycles. The molecular weight excluding hydrogens is 240 g/mol. The van der Waals surface area contributed by atoms with Crippen molar-refractivity contribution in [1.82, 2.24) is 4.90 Å². The van der Waals surface area contributed by atoms with Gasteiger partial charge in [-0.2, -0.15) is 0 Å². The van der Waals surface area contributed by atoms with E-state index in [9.17, 15) is 4.79 Å². The van der Waals surface area contributed by atoms with Gasteiger partial charge in [0, 0.05) is 19.5 Å². The second kappa shape index (κ2) is 6.57. The van der Waals surface area contributed by atoms with Crippen molar-refractivity contribution < 1.29 is 9.53 Å². The first-order valence-corrected chi connectivity index (χ1v) is 6.83. The molecule has 1 aromatic carbocycles. The molecule has 4 heteroatoms. The average molecular weight is 262 g/mol. The normalized spacial score (nSPS) is 18.6. The summed E-state index contributed by atoms with van der Waals surface area (Å²) in [5.41, 5.74) is 6.81. The van der Waals surface area contributed by atoms with Gasteiger partial charge in [0.2, 0.25) is 5.91 Å². The lowest BCUT2D eigenvalue weighted by atomic mass is 10.1. The minimum atomic E-state index is 0.242. The molecular formula is C15H22N2O2. The summed E-state index contributed by atoms with van der Waals surface area (Å²) in [7, 11) is 1.65. The fourth-order valence-corrected chi connectivity index (χ4v) is 2.45. The number of nitrogens with two attached hydrogens (primary N) is 1. The smallest absolute Gasteiger partial charge is 0.222 e. The summed E-state index contributed by atoms with van der Waals surface area (Å²) in [4.78, 5) is 14.0. The van der Waals surface area contributed by atoms with E-state index in [-0.39, 0.29) is 5.91 Å². The topological polar surface area (TPSA) is 55.6 Å². The van der Waals surface area contributed by atoms with Gasteiger partial charge in [-0.25, -0.2) is 0 Å². The number of methoxy groups -OCH3 is 1. The third kappa shape index (κ3) is 3.70. The van der Waals surface area contributed by atoms with E-state index >= 15 is 0 Å². The largest absolute Gasteiger partial charge is 0.497 e. The number of likely N-dealkylation sites (tertiary alicyclic amines) is 1. The van der Waals surface area contributed by atoms with E-state index in [0.717, 1.165) is 31.7 Å². The zero-order chi connectivity index (χ0) is 13.7. The third-order valence-corrected chi connectivity index (χ3v) is 3.76. The average Bonchev–Trinajstić information content (AvgIpc) is 2.94. The molecule has 2 rings (SSSR count). The minimum absolute atomic E-state index is 0.242. The Morgan fingerprint density at radius 3 is 2.74 bits per heavy atom. The predicted molar refractivity (Wildman–Crippen MR) is 75.1 cm³/mol. The SMILES string of the molecule is COc1ccc(CCC(=O)N2CCC(CN)C2)cc1. The zero-order valence-corrected chi connectivity index (χ0v) is 11.5. The Kier molecular flexibility index (Phi) is 4.80. The van der Waals surface area contributed by atoms with Gasteiger partial charge in [-0.1, -0.05) is 12.1 Å². The van der Waals surface area contributed by atoms with E-state index in [1.54, 1.807) is 7.11 Å². The molecule has 104 valence electrons. The van der Waals surface area contributed by atoms with Crippen molar-refractivity contribution in [3.05, 3.63) is 29.8 Å². The van der Waals surface area contributed by atoms with Crippen LogP contribution in [0.2, 0.25) is 0 Å². The summed E-state index contributed by atoms with van der Waals surface area (Å²) in [5, 5.41) is 0. The van der Waals surface area contributed by atoms with Crippen LogP contribution in [0, 0.1) is 5.92 Å². The molecule has 0 aliphatic carbocycles. The molecule has 1 saturated heterocycles. The Bertz CT molecular complexity index is 417. The van der Waals surface area contributed by atoms with Crippen molar-refractivity contribution in [1.29, 1.82) is 0 Å². The van der Waals surface area contributed by atoms with E-state index in [0.29, 0.717) is 18.9 Å². The van der Waals surface area contributed by atoms with Crippen LogP contribution in [0.5, 0.6) is 5.75 Å². The van der Waals surface area contributed by atoms with Gasteiger partial charge in [0.1, 0.15) is 5.75 Å². The number of ether oxygens (including phenoxy) is 1. The van der Waals surface area contributed by atoms with E-state index in [4.69, 9.17) is 10.5 Å². The fraction of sp³-hybridized carbons (Fsp3) is 0.533. The molecule has 0 aromatic heterocycles. The molecule has 0 bridgehead atoms. The van der Waals surface area contributed by atoms with Gasteiger partial charge in [0.25, 0.3) is 0 Å². The van der Waals surface area contributed by atoms with Crippen LogP contribution in [-0.2, 0) is 11.2 Å². The van der Waals surface area contributed by atoms with E-state index in [2.05, 4.69) is 0 Å². The molecule has 0 saturated carbocycles. The van der Waals surface area contributed by atoms with Gasteiger partial charge in [0.15, 0.2) is 0 Å². The van der Waals surface area contributed by atoms with Gasteiger partial charge >= 0.3 is 0 Å². The standard InChI is InChI=1S/C15H22N2O2/c1-19-14-5-2-12(3-6-14)4-7-15(18)17-9-8-13(10-16)11-17/h2-3,5-6,13H,4,7-11,16H2,1H3. The second-order valence-corrected chi connectivity index (χ2v) is 5.08. The molecule has 1 atom stereocenters. The zero-order valence-electron chi connectivity index (χ0n) is 11.5. The molecule has 1 aliphatic rings. The predicted octanol–water partition coefficient (Wildman–Crippen LogP) is 1.43. The molecule has 1 fully saturated rings. The lowest BCUT2D eigenvalue weighted by Crippen LogP contribution is -2.29. The first-order valence-electron chi connectivity index (χ1n) is 6.83. The first kappa shape index (κ1) is 13.9. The van der Waals surface area contributed by atoms with Gasteiger partial charge in [-0.05, 0) is 43.0 Å². The van der Waals surface area contributed by atoms with E-state index in [1.807, 2.05) is 29.2 Å². The molecule has 19 heavy (non-hydrogen) atoms.